The van der Waals surface area contributed by atoms with Gasteiger partial charge in [0.15, 0.2) is 5.12 Å². The Labute approximate surface area is 147 Å². The predicted octanol–water partition coefficient (Wildman–Crippen LogP) is 1.63. The number of ether oxygens (including phenoxy) is 2. The number of nitrogens with zero attached hydrogens (tertiary/aromatic N) is 1. The molecule has 0 spiro atoms. The summed E-state index contributed by atoms with van der Waals surface area (Å²) in [7, 11) is 1.21. The van der Waals surface area contributed by atoms with E-state index in [0.717, 1.165) is 16.7 Å². The molecule has 0 saturated carbocycles. The van der Waals surface area contributed by atoms with E-state index in [1.54, 1.807) is 27.7 Å². The summed E-state index contributed by atoms with van der Waals surface area (Å²) in [6.07, 6.45) is 0. The van der Waals surface area contributed by atoms with Gasteiger partial charge in [-0.05, 0) is 27.7 Å². The Kier molecular flexibility index (Phi) is 9.03. The van der Waals surface area contributed by atoms with Gasteiger partial charge in [0.2, 0.25) is 5.91 Å². The summed E-state index contributed by atoms with van der Waals surface area (Å²) in [5.41, 5.74) is -0.698. The van der Waals surface area contributed by atoms with Gasteiger partial charge in [0.25, 0.3) is 0 Å². The van der Waals surface area contributed by atoms with Crippen LogP contribution in [0.1, 0.15) is 41.5 Å². The van der Waals surface area contributed by atoms with Crippen LogP contribution >= 0.6 is 11.8 Å². The molecule has 0 radical (unpaired) electrons. The molecule has 0 aromatic heterocycles. The standard InChI is InChI=1S/C16H27NO6S/c1-10(9-24-12(3)18)14(20)17(11(2)15(21)22-7)8-13(19)23-16(4,5)6/h10-11H,8-9H2,1-7H3/t10-,11+/m0/s1. The molecule has 2 atom stereocenters. The molecule has 0 aliphatic carbocycles. The lowest BCUT2D eigenvalue weighted by atomic mass is 10.1. The highest BCUT2D eigenvalue weighted by Gasteiger charge is 2.32. The summed E-state index contributed by atoms with van der Waals surface area (Å²) in [5, 5.41) is -0.102. The van der Waals surface area contributed by atoms with Crippen molar-refractivity contribution in [1.29, 1.82) is 0 Å². The maximum atomic E-state index is 12.6. The maximum Gasteiger partial charge on any atom is 0.328 e. The highest BCUT2D eigenvalue weighted by molar-refractivity contribution is 8.13. The summed E-state index contributed by atoms with van der Waals surface area (Å²) < 4.78 is 9.87. The molecule has 24 heavy (non-hydrogen) atoms. The second kappa shape index (κ2) is 9.66. The van der Waals surface area contributed by atoms with E-state index in [0.29, 0.717) is 0 Å². The molecule has 0 aliphatic rings. The van der Waals surface area contributed by atoms with E-state index < -0.39 is 35.4 Å². The van der Waals surface area contributed by atoms with Crippen LogP contribution in [0.3, 0.4) is 0 Å². The van der Waals surface area contributed by atoms with Crippen molar-refractivity contribution in [2.45, 2.75) is 53.2 Å². The molecule has 0 aromatic rings. The van der Waals surface area contributed by atoms with Gasteiger partial charge in [0.1, 0.15) is 18.2 Å². The van der Waals surface area contributed by atoms with Crippen molar-refractivity contribution in [2.75, 3.05) is 19.4 Å². The van der Waals surface area contributed by atoms with Crippen LogP contribution in [-0.2, 0) is 28.7 Å². The minimum Gasteiger partial charge on any atom is -0.467 e. The zero-order valence-electron chi connectivity index (χ0n) is 15.4. The molecule has 0 heterocycles. The smallest absolute Gasteiger partial charge is 0.328 e. The molecule has 0 fully saturated rings. The Morgan fingerprint density at radius 1 is 1.12 bits per heavy atom. The van der Waals surface area contributed by atoms with Gasteiger partial charge in [-0.2, -0.15) is 0 Å². The third kappa shape index (κ3) is 8.33. The Hall–Kier alpha value is -1.57. The van der Waals surface area contributed by atoms with E-state index in [9.17, 15) is 19.2 Å². The topological polar surface area (TPSA) is 90.0 Å². The van der Waals surface area contributed by atoms with Gasteiger partial charge in [-0.3, -0.25) is 14.4 Å². The van der Waals surface area contributed by atoms with Crippen molar-refractivity contribution in [3.8, 4) is 0 Å². The number of rotatable bonds is 7. The van der Waals surface area contributed by atoms with Gasteiger partial charge in [-0.1, -0.05) is 18.7 Å². The third-order valence-corrected chi connectivity index (χ3v) is 4.04. The van der Waals surface area contributed by atoms with Crippen LogP contribution in [0.15, 0.2) is 0 Å². The summed E-state index contributed by atoms with van der Waals surface area (Å²) in [5.74, 6) is -1.91. The van der Waals surface area contributed by atoms with E-state index in [-0.39, 0.29) is 17.4 Å². The minimum atomic E-state index is -0.931. The fraction of sp³-hybridized carbons (Fsp3) is 0.750. The maximum absolute atomic E-state index is 12.6. The van der Waals surface area contributed by atoms with Crippen LogP contribution in [-0.4, -0.2) is 58.9 Å². The Morgan fingerprint density at radius 3 is 2.08 bits per heavy atom. The van der Waals surface area contributed by atoms with E-state index in [1.807, 2.05) is 0 Å². The molecule has 0 unspecified atom stereocenters. The summed E-state index contributed by atoms with van der Waals surface area (Å²) in [6.45, 7) is 9.33. The SMILES string of the molecule is COC(=O)[C@@H](C)N(CC(=O)OC(C)(C)C)C(=O)[C@@H](C)CSC(C)=O. The molecule has 138 valence electrons. The number of hydrogen-bond acceptors (Lipinski definition) is 7. The van der Waals surface area contributed by atoms with Crippen molar-refractivity contribution < 1.29 is 28.7 Å². The average Bonchev–Trinajstić information content (AvgIpc) is 2.46. The molecule has 0 bridgehead atoms. The van der Waals surface area contributed by atoms with Crippen LogP contribution in [0.25, 0.3) is 0 Å². The molecular formula is C16H27NO6S. The average molecular weight is 361 g/mol. The van der Waals surface area contributed by atoms with Crippen molar-refractivity contribution >= 4 is 34.7 Å². The fourth-order valence-electron chi connectivity index (χ4n) is 1.81. The van der Waals surface area contributed by atoms with Crippen LogP contribution in [0.4, 0.5) is 0 Å². The van der Waals surface area contributed by atoms with Crippen molar-refractivity contribution in [1.82, 2.24) is 4.90 Å². The van der Waals surface area contributed by atoms with Gasteiger partial charge < -0.3 is 14.4 Å². The molecular weight excluding hydrogens is 334 g/mol. The number of hydrogen-bond donors (Lipinski definition) is 0. The first kappa shape index (κ1) is 22.4. The number of carbonyl (C=O) groups excluding carboxylic acids is 4. The Balaban J connectivity index is 5.18. The largest absolute Gasteiger partial charge is 0.467 e. The first-order valence-electron chi connectivity index (χ1n) is 7.62. The van der Waals surface area contributed by atoms with Crippen molar-refractivity contribution in [2.24, 2.45) is 5.92 Å². The zero-order valence-corrected chi connectivity index (χ0v) is 16.2. The van der Waals surface area contributed by atoms with Crippen LogP contribution in [0.2, 0.25) is 0 Å². The lowest BCUT2D eigenvalue weighted by Gasteiger charge is -2.30. The van der Waals surface area contributed by atoms with E-state index in [1.165, 1.54) is 21.0 Å². The number of esters is 2. The fourth-order valence-corrected chi connectivity index (χ4v) is 2.44. The van der Waals surface area contributed by atoms with E-state index in [2.05, 4.69) is 4.74 Å². The Bertz CT molecular complexity index is 485. The summed E-state index contributed by atoms with van der Waals surface area (Å²) >= 11 is 1.02. The number of methoxy groups -OCH3 is 1. The lowest BCUT2D eigenvalue weighted by molar-refractivity contribution is -0.163. The quantitative estimate of drug-likeness (QED) is 0.637. The lowest BCUT2D eigenvalue weighted by Crippen LogP contribution is -2.49. The van der Waals surface area contributed by atoms with Gasteiger partial charge in [0, 0.05) is 18.6 Å². The minimum absolute atomic E-state index is 0.102. The second-order valence-electron chi connectivity index (χ2n) is 6.46. The summed E-state index contributed by atoms with van der Waals surface area (Å²) in [4.78, 5) is 48.6. The number of thioether (sulfide) groups is 1. The molecule has 7 nitrogen and oxygen atoms in total. The normalized spacial score (nSPS) is 13.6. The number of carbonyl (C=O) groups is 4. The van der Waals surface area contributed by atoms with Crippen LogP contribution < -0.4 is 0 Å². The highest BCUT2D eigenvalue weighted by atomic mass is 32.2. The van der Waals surface area contributed by atoms with Crippen molar-refractivity contribution in [3.63, 3.8) is 0 Å². The molecule has 0 aliphatic heterocycles. The number of amides is 1. The van der Waals surface area contributed by atoms with Gasteiger partial charge in [-0.25, -0.2) is 4.79 Å². The molecule has 8 heteroatoms. The molecule has 0 rings (SSSR count). The molecule has 0 saturated heterocycles. The molecule has 0 N–H and O–H groups in total. The molecule has 1 amide bonds. The van der Waals surface area contributed by atoms with Gasteiger partial charge in [-0.15, -0.1) is 0 Å². The monoisotopic (exact) mass is 361 g/mol. The zero-order chi connectivity index (χ0) is 19.1. The van der Waals surface area contributed by atoms with Gasteiger partial charge in [0.05, 0.1) is 7.11 Å². The third-order valence-electron chi connectivity index (χ3n) is 2.97. The van der Waals surface area contributed by atoms with Gasteiger partial charge >= 0.3 is 11.9 Å². The first-order valence-corrected chi connectivity index (χ1v) is 8.61. The second-order valence-corrected chi connectivity index (χ2v) is 7.65. The Morgan fingerprint density at radius 2 is 1.67 bits per heavy atom. The van der Waals surface area contributed by atoms with Crippen molar-refractivity contribution in [3.05, 3.63) is 0 Å². The van der Waals surface area contributed by atoms with Crippen LogP contribution in [0, 0.1) is 5.92 Å². The predicted molar refractivity (Wildman–Crippen MR) is 91.3 cm³/mol. The van der Waals surface area contributed by atoms with E-state index in [4.69, 9.17) is 4.74 Å². The van der Waals surface area contributed by atoms with E-state index >= 15 is 0 Å². The first-order chi connectivity index (χ1) is 10.9. The molecule has 0 aromatic carbocycles. The van der Waals surface area contributed by atoms with Crippen LogP contribution in [0.5, 0.6) is 0 Å². The summed E-state index contributed by atoms with van der Waals surface area (Å²) in [6, 6.07) is -0.931. The highest BCUT2D eigenvalue weighted by Crippen LogP contribution is 2.16.